The predicted octanol–water partition coefficient (Wildman–Crippen LogP) is 1.74. The Labute approximate surface area is 130 Å². The van der Waals surface area contributed by atoms with Gasteiger partial charge in [0.15, 0.2) is 0 Å². The molecule has 2 N–H and O–H groups in total. The summed E-state index contributed by atoms with van der Waals surface area (Å²) in [7, 11) is 0. The fourth-order valence-electron chi connectivity index (χ4n) is 3.16. The summed E-state index contributed by atoms with van der Waals surface area (Å²) >= 11 is 0. The standard InChI is InChI=1S/C17H24N4O/c1-2-21(11-13-7-9-18-10-8-13)12-16-19-15-6-4-3-5-14(15)17(22)20-16/h3-6,13,18H,2,7-12H2,1H3,(H,19,20,22). The Hall–Kier alpha value is -1.72. The Morgan fingerprint density at radius 2 is 2.05 bits per heavy atom. The van der Waals surface area contributed by atoms with Gasteiger partial charge < -0.3 is 10.3 Å². The second-order valence-electron chi connectivity index (χ2n) is 6.05. The molecule has 1 fully saturated rings. The summed E-state index contributed by atoms with van der Waals surface area (Å²) < 4.78 is 0. The van der Waals surface area contributed by atoms with Gasteiger partial charge in [-0.05, 0) is 50.5 Å². The molecule has 1 saturated heterocycles. The van der Waals surface area contributed by atoms with Crippen LogP contribution in [-0.2, 0) is 6.54 Å². The van der Waals surface area contributed by atoms with Crippen LogP contribution in [0, 0.1) is 5.92 Å². The van der Waals surface area contributed by atoms with Crippen LogP contribution in [0.3, 0.4) is 0 Å². The Balaban J connectivity index is 1.74. The molecular formula is C17H24N4O. The molecule has 0 saturated carbocycles. The average Bonchev–Trinajstić information content (AvgIpc) is 2.55. The van der Waals surface area contributed by atoms with E-state index in [1.165, 1.54) is 12.8 Å². The van der Waals surface area contributed by atoms with Gasteiger partial charge in [0.2, 0.25) is 0 Å². The van der Waals surface area contributed by atoms with Crippen molar-refractivity contribution in [1.82, 2.24) is 20.2 Å². The van der Waals surface area contributed by atoms with Crippen molar-refractivity contribution in [2.75, 3.05) is 26.2 Å². The molecule has 1 aromatic heterocycles. The van der Waals surface area contributed by atoms with Gasteiger partial charge in [-0.25, -0.2) is 4.98 Å². The van der Waals surface area contributed by atoms with Crippen LogP contribution in [0.5, 0.6) is 0 Å². The van der Waals surface area contributed by atoms with Gasteiger partial charge >= 0.3 is 0 Å². The zero-order chi connectivity index (χ0) is 15.4. The third-order valence-electron chi connectivity index (χ3n) is 4.46. The largest absolute Gasteiger partial charge is 0.317 e. The summed E-state index contributed by atoms with van der Waals surface area (Å²) in [5, 5.41) is 4.06. The topological polar surface area (TPSA) is 61.0 Å². The maximum Gasteiger partial charge on any atom is 0.258 e. The molecule has 5 nitrogen and oxygen atoms in total. The molecule has 3 rings (SSSR count). The van der Waals surface area contributed by atoms with Gasteiger partial charge in [-0.2, -0.15) is 0 Å². The SMILES string of the molecule is CCN(Cc1nc2ccccc2c(=O)[nH]1)CC1CCNCC1. The van der Waals surface area contributed by atoms with E-state index in [1.807, 2.05) is 24.3 Å². The number of nitrogens with zero attached hydrogens (tertiary/aromatic N) is 2. The quantitative estimate of drug-likeness (QED) is 0.883. The van der Waals surface area contributed by atoms with E-state index in [2.05, 4.69) is 27.1 Å². The molecule has 22 heavy (non-hydrogen) atoms. The molecule has 0 radical (unpaired) electrons. The zero-order valence-corrected chi connectivity index (χ0v) is 13.1. The van der Waals surface area contributed by atoms with Crippen molar-refractivity contribution in [1.29, 1.82) is 0 Å². The van der Waals surface area contributed by atoms with E-state index in [1.54, 1.807) is 0 Å². The molecule has 0 bridgehead atoms. The highest BCUT2D eigenvalue weighted by Gasteiger charge is 2.17. The van der Waals surface area contributed by atoms with Crippen LogP contribution in [0.4, 0.5) is 0 Å². The molecule has 1 aromatic carbocycles. The monoisotopic (exact) mass is 300 g/mol. The number of nitrogens with one attached hydrogen (secondary N) is 2. The third-order valence-corrected chi connectivity index (χ3v) is 4.46. The number of rotatable bonds is 5. The molecule has 1 aliphatic rings. The maximum absolute atomic E-state index is 12.1. The Bertz CT molecular complexity index is 676. The minimum atomic E-state index is -0.0430. The van der Waals surface area contributed by atoms with Crippen LogP contribution in [0.1, 0.15) is 25.6 Å². The van der Waals surface area contributed by atoms with Gasteiger partial charge in [0.05, 0.1) is 17.4 Å². The number of hydrogen-bond donors (Lipinski definition) is 2. The highest BCUT2D eigenvalue weighted by Crippen LogP contribution is 2.14. The van der Waals surface area contributed by atoms with Crippen LogP contribution in [0.2, 0.25) is 0 Å². The lowest BCUT2D eigenvalue weighted by Gasteiger charge is -2.29. The van der Waals surface area contributed by atoms with E-state index in [-0.39, 0.29) is 5.56 Å². The van der Waals surface area contributed by atoms with E-state index in [0.29, 0.717) is 11.9 Å². The van der Waals surface area contributed by atoms with E-state index < -0.39 is 0 Å². The first-order chi connectivity index (χ1) is 10.8. The molecule has 0 unspecified atom stereocenters. The van der Waals surface area contributed by atoms with Crippen molar-refractivity contribution in [2.24, 2.45) is 5.92 Å². The first-order valence-electron chi connectivity index (χ1n) is 8.17. The number of fused-ring (bicyclic) bond motifs is 1. The van der Waals surface area contributed by atoms with E-state index in [0.717, 1.165) is 43.4 Å². The van der Waals surface area contributed by atoms with E-state index >= 15 is 0 Å². The van der Waals surface area contributed by atoms with Gasteiger partial charge in [0.1, 0.15) is 5.82 Å². The summed E-state index contributed by atoms with van der Waals surface area (Å²) in [6, 6.07) is 7.51. The Morgan fingerprint density at radius 1 is 1.27 bits per heavy atom. The van der Waals surface area contributed by atoms with Crippen LogP contribution in [-0.4, -0.2) is 41.0 Å². The van der Waals surface area contributed by atoms with Gasteiger partial charge in [-0.1, -0.05) is 19.1 Å². The van der Waals surface area contributed by atoms with Gasteiger partial charge in [0, 0.05) is 6.54 Å². The highest BCUT2D eigenvalue weighted by molar-refractivity contribution is 5.77. The van der Waals surface area contributed by atoms with Gasteiger partial charge in [-0.3, -0.25) is 9.69 Å². The second-order valence-corrected chi connectivity index (χ2v) is 6.05. The average molecular weight is 300 g/mol. The van der Waals surface area contributed by atoms with Crippen LogP contribution < -0.4 is 10.9 Å². The van der Waals surface area contributed by atoms with Crippen LogP contribution in [0.25, 0.3) is 10.9 Å². The zero-order valence-electron chi connectivity index (χ0n) is 13.1. The first kappa shape index (κ1) is 15.2. The third kappa shape index (κ3) is 3.54. The first-order valence-corrected chi connectivity index (χ1v) is 8.17. The van der Waals surface area contributed by atoms with Gasteiger partial charge in [-0.15, -0.1) is 0 Å². The lowest BCUT2D eigenvalue weighted by Crippen LogP contribution is -2.36. The molecule has 0 spiro atoms. The molecule has 118 valence electrons. The van der Waals surface area contributed by atoms with E-state index in [4.69, 9.17) is 0 Å². The minimum absolute atomic E-state index is 0.0430. The number of aromatic nitrogens is 2. The Morgan fingerprint density at radius 3 is 2.82 bits per heavy atom. The van der Waals surface area contributed by atoms with Crippen LogP contribution >= 0.6 is 0 Å². The fraction of sp³-hybridized carbons (Fsp3) is 0.529. The molecule has 0 aliphatic carbocycles. The number of hydrogen-bond acceptors (Lipinski definition) is 4. The molecule has 2 heterocycles. The summed E-state index contributed by atoms with van der Waals surface area (Å²) in [4.78, 5) is 22.1. The maximum atomic E-state index is 12.1. The normalized spacial score (nSPS) is 16.5. The minimum Gasteiger partial charge on any atom is -0.317 e. The molecule has 5 heteroatoms. The number of piperidine rings is 1. The van der Waals surface area contributed by atoms with Crippen molar-refractivity contribution in [3.63, 3.8) is 0 Å². The predicted molar refractivity (Wildman–Crippen MR) is 88.9 cm³/mol. The lowest BCUT2D eigenvalue weighted by molar-refractivity contribution is 0.203. The number of aromatic amines is 1. The fourth-order valence-corrected chi connectivity index (χ4v) is 3.16. The summed E-state index contributed by atoms with van der Waals surface area (Å²) in [5.41, 5.74) is 0.734. The molecule has 1 aliphatic heterocycles. The summed E-state index contributed by atoms with van der Waals surface area (Å²) in [6.45, 7) is 7.16. The summed E-state index contributed by atoms with van der Waals surface area (Å²) in [5.74, 6) is 1.51. The van der Waals surface area contributed by atoms with Crippen LogP contribution in [0.15, 0.2) is 29.1 Å². The van der Waals surface area contributed by atoms with Crippen molar-refractivity contribution in [3.05, 3.63) is 40.4 Å². The van der Waals surface area contributed by atoms with Crippen molar-refractivity contribution in [3.8, 4) is 0 Å². The molecule has 0 amide bonds. The summed E-state index contributed by atoms with van der Waals surface area (Å²) in [6.07, 6.45) is 2.47. The smallest absolute Gasteiger partial charge is 0.258 e. The van der Waals surface area contributed by atoms with Crippen molar-refractivity contribution < 1.29 is 0 Å². The van der Waals surface area contributed by atoms with Crippen molar-refractivity contribution in [2.45, 2.75) is 26.3 Å². The number of H-pyrrole nitrogens is 1. The number of benzene rings is 1. The molecular weight excluding hydrogens is 276 g/mol. The van der Waals surface area contributed by atoms with Gasteiger partial charge in [0.25, 0.3) is 5.56 Å². The number of para-hydroxylation sites is 1. The highest BCUT2D eigenvalue weighted by atomic mass is 16.1. The second kappa shape index (κ2) is 7.03. The Kier molecular flexibility index (Phi) is 4.85. The lowest BCUT2D eigenvalue weighted by atomic mass is 9.97. The van der Waals surface area contributed by atoms with Crippen molar-refractivity contribution >= 4 is 10.9 Å². The van der Waals surface area contributed by atoms with E-state index in [9.17, 15) is 4.79 Å². The molecule has 2 aromatic rings. The molecule has 0 atom stereocenters.